The second kappa shape index (κ2) is 5.91. The van der Waals surface area contributed by atoms with Gasteiger partial charge in [0.25, 0.3) is 5.91 Å². The molecule has 2 aromatic rings. The van der Waals surface area contributed by atoms with Crippen LogP contribution in [0.3, 0.4) is 0 Å². The molecule has 4 rings (SSSR count). The number of rotatable bonds is 3. The number of benzene rings is 1. The Kier molecular flexibility index (Phi) is 3.73. The highest BCUT2D eigenvalue weighted by molar-refractivity contribution is 7.09. The van der Waals surface area contributed by atoms with Crippen molar-refractivity contribution in [2.24, 2.45) is 0 Å². The Bertz CT molecular complexity index is 824. The molecule has 1 aromatic carbocycles. The number of carbonyl (C=O) groups excluding carboxylic acids is 1. The Labute approximate surface area is 144 Å². The molecule has 1 aromatic heterocycles. The van der Waals surface area contributed by atoms with Crippen LogP contribution in [0.25, 0.3) is 11.3 Å². The molecule has 1 amide bonds. The molecule has 2 aliphatic heterocycles. The largest absolute Gasteiger partial charge is 0.347 e. The number of aryl methyl sites for hydroxylation is 1. The van der Waals surface area contributed by atoms with Gasteiger partial charge in [0.2, 0.25) is 0 Å². The molecule has 1 N–H and O–H groups in total. The number of thiazole rings is 1. The van der Waals surface area contributed by atoms with Gasteiger partial charge in [-0.15, -0.1) is 11.3 Å². The lowest BCUT2D eigenvalue weighted by Crippen LogP contribution is -2.43. The third-order valence-electron chi connectivity index (χ3n) is 5.01. The van der Waals surface area contributed by atoms with Crippen LogP contribution in [0.4, 0.5) is 0 Å². The molecule has 2 aliphatic rings. The third-order valence-corrected chi connectivity index (χ3v) is 5.78. The molecule has 3 heterocycles. The van der Waals surface area contributed by atoms with Gasteiger partial charge in [0.15, 0.2) is 6.19 Å². The first-order valence-electron chi connectivity index (χ1n) is 8.17. The lowest BCUT2D eigenvalue weighted by atomic mass is 9.95. The van der Waals surface area contributed by atoms with E-state index >= 15 is 0 Å². The second-order valence-electron chi connectivity index (χ2n) is 6.45. The maximum atomic E-state index is 12.6. The number of nitrogens with zero attached hydrogens (tertiary/aromatic N) is 3. The summed E-state index contributed by atoms with van der Waals surface area (Å²) in [5.74, 6) is -0.0701. The summed E-state index contributed by atoms with van der Waals surface area (Å²) in [6, 6.07) is 8.11. The van der Waals surface area contributed by atoms with Crippen molar-refractivity contribution in [1.29, 1.82) is 5.26 Å². The van der Waals surface area contributed by atoms with Gasteiger partial charge in [0, 0.05) is 22.5 Å². The molecular formula is C18H18N4OS. The van der Waals surface area contributed by atoms with Crippen molar-refractivity contribution in [3.05, 3.63) is 40.2 Å². The van der Waals surface area contributed by atoms with E-state index in [-0.39, 0.29) is 18.0 Å². The molecule has 122 valence electrons. The van der Waals surface area contributed by atoms with Gasteiger partial charge in [-0.2, -0.15) is 5.26 Å². The van der Waals surface area contributed by atoms with E-state index in [1.165, 1.54) is 0 Å². The van der Waals surface area contributed by atoms with Crippen LogP contribution in [-0.2, 0) is 0 Å². The summed E-state index contributed by atoms with van der Waals surface area (Å²) in [5.41, 5.74) is 2.51. The number of carbonyl (C=O) groups is 1. The van der Waals surface area contributed by atoms with Gasteiger partial charge < -0.3 is 10.2 Å². The minimum Gasteiger partial charge on any atom is -0.347 e. The smallest absolute Gasteiger partial charge is 0.251 e. The SMILES string of the molecule is Cc1nc(-c2cccc(C(=O)N[C@@H]3C[C@@H]4CC[C@H]3N4C#N)c2)cs1. The zero-order chi connectivity index (χ0) is 16.7. The average Bonchev–Trinajstić information content (AvgIpc) is 3.28. The van der Waals surface area contributed by atoms with Gasteiger partial charge in [-0.1, -0.05) is 12.1 Å². The summed E-state index contributed by atoms with van der Waals surface area (Å²) in [6.45, 7) is 1.97. The van der Waals surface area contributed by atoms with Crippen LogP contribution in [0.1, 0.15) is 34.6 Å². The van der Waals surface area contributed by atoms with E-state index < -0.39 is 0 Å². The second-order valence-corrected chi connectivity index (χ2v) is 7.52. The van der Waals surface area contributed by atoms with Gasteiger partial charge in [0.1, 0.15) is 0 Å². The topological polar surface area (TPSA) is 69.0 Å². The van der Waals surface area contributed by atoms with Gasteiger partial charge in [-0.05, 0) is 38.3 Å². The van der Waals surface area contributed by atoms with E-state index in [1.54, 1.807) is 11.3 Å². The van der Waals surface area contributed by atoms with Crippen molar-refractivity contribution >= 4 is 17.2 Å². The summed E-state index contributed by atoms with van der Waals surface area (Å²) in [5, 5.41) is 15.4. The molecule has 0 saturated carbocycles. The van der Waals surface area contributed by atoms with Gasteiger partial charge in [0.05, 0.1) is 22.8 Å². The lowest BCUT2D eigenvalue weighted by molar-refractivity contribution is 0.0928. The molecule has 5 nitrogen and oxygen atoms in total. The molecule has 0 aliphatic carbocycles. The first-order chi connectivity index (χ1) is 11.7. The van der Waals surface area contributed by atoms with Crippen LogP contribution < -0.4 is 5.32 Å². The monoisotopic (exact) mass is 338 g/mol. The maximum absolute atomic E-state index is 12.6. The highest BCUT2D eigenvalue weighted by Gasteiger charge is 2.46. The predicted octanol–water partition coefficient (Wildman–Crippen LogP) is 2.93. The third kappa shape index (κ3) is 2.55. The molecule has 0 radical (unpaired) electrons. The lowest BCUT2D eigenvalue weighted by Gasteiger charge is -2.22. The molecule has 0 spiro atoms. The average molecular weight is 338 g/mol. The van der Waals surface area contributed by atoms with Crippen molar-refractivity contribution in [2.45, 2.75) is 44.3 Å². The van der Waals surface area contributed by atoms with Crippen molar-refractivity contribution in [1.82, 2.24) is 15.2 Å². The zero-order valence-corrected chi connectivity index (χ0v) is 14.2. The van der Waals surface area contributed by atoms with Crippen molar-refractivity contribution < 1.29 is 4.79 Å². The number of hydrogen-bond donors (Lipinski definition) is 1. The van der Waals surface area contributed by atoms with E-state index in [0.717, 1.165) is 35.5 Å². The fourth-order valence-corrected chi connectivity index (χ4v) is 4.49. The minimum atomic E-state index is -0.0701. The van der Waals surface area contributed by atoms with E-state index in [0.29, 0.717) is 11.6 Å². The number of fused-ring (bicyclic) bond motifs is 2. The van der Waals surface area contributed by atoms with Crippen molar-refractivity contribution in [3.63, 3.8) is 0 Å². The number of nitriles is 1. The quantitative estimate of drug-likeness (QED) is 0.874. The first kappa shape index (κ1) is 15.2. The molecule has 0 unspecified atom stereocenters. The Morgan fingerprint density at radius 1 is 1.46 bits per heavy atom. The summed E-state index contributed by atoms with van der Waals surface area (Å²) in [6.07, 6.45) is 5.19. The van der Waals surface area contributed by atoms with Crippen LogP contribution in [0.5, 0.6) is 0 Å². The highest BCUT2D eigenvalue weighted by atomic mass is 32.1. The Morgan fingerprint density at radius 2 is 2.33 bits per heavy atom. The van der Waals surface area contributed by atoms with Gasteiger partial charge >= 0.3 is 0 Å². The Morgan fingerprint density at radius 3 is 3.04 bits per heavy atom. The maximum Gasteiger partial charge on any atom is 0.251 e. The van der Waals surface area contributed by atoms with Gasteiger partial charge in [-0.3, -0.25) is 4.79 Å². The molecule has 6 heteroatoms. The molecule has 3 atom stereocenters. The number of hydrogen-bond acceptors (Lipinski definition) is 5. The summed E-state index contributed by atoms with van der Waals surface area (Å²) >= 11 is 1.60. The van der Waals surface area contributed by atoms with E-state index in [4.69, 9.17) is 0 Å². The van der Waals surface area contributed by atoms with E-state index in [1.807, 2.05) is 41.5 Å². The zero-order valence-electron chi connectivity index (χ0n) is 13.4. The first-order valence-corrected chi connectivity index (χ1v) is 9.05. The Hall–Kier alpha value is -2.39. The number of aromatic nitrogens is 1. The number of nitrogens with one attached hydrogen (secondary N) is 1. The fourth-order valence-electron chi connectivity index (χ4n) is 3.87. The summed E-state index contributed by atoms with van der Waals surface area (Å²) in [4.78, 5) is 19.0. The van der Waals surface area contributed by atoms with Crippen molar-refractivity contribution in [3.8, 4) is 17.5 Å². The summed E-state index contributed by atoms with van der Waals surface area (Å²) in [7, 11) is 0. The summed E-state index contributed by atoms with van der Waals surface area (Å²) < 4.78 is 0. The molecule has 2 fully saturated rings. The standard InChI is InChI=1S/C18H18N4OS/c1-11-20-16(9-24-11)12-3-2-4-13(7-12)18(23)21-15-8-14-5-6-17(15)22(14)10-19/h2-4,7,9,14-15,17H,5-6,8H2,1H3,(H,21,23)/t14-,15+,17+/m0/s1. The van der Waals surface area contributed by atoms with Crippen LogP contribution in [0, 0.1) is 18.4 Å². The minimum absolute atomic E-state index is 0.0701. The molecule has 2 bridgehead atoms. The predicted molar refractivity (Wildman–Crippen MR) is 92.4 cm³/mol. The Balaban J connectivity index is 1.51. The van der Waals surface area contributed by atoms with E-state index in [9.17, 15) is 10.1 Å². The van der Waals surface area contributed by atoms with Gasteiger partial charge in [-0.25, -0.2) is 4.98 Å². The fraction of sp³-hybridized carbons (Fsp3) is 0.389. The van der Waals surface area contributed by atoms with E-state index in [2.05, 4.69) is 16.5 Å². The van der Waals surface area contributed by atoms with Crippen LogP contribution in [0.15, 0.2) is 29.6 Å². The van der Waals surface area contributed by atoms with Crippen LogP contribution in [0.2, 0.25) is 0 Å². The van der Waals surface area contributed by atoms with Crippen LogP contribution >= 0.6 is 11.3 Å². The normalized spacial score (nSPS) is 24.8. The van der Waals surface area contributed by atoms with Crippen molar-refractivity contribution in [2.75, 3.05) is 0 Å². The highest BCUT2D eigenvalue weighted by Crippen LogP contribution is 2.37. The number of amides is 1. The molecular weight excluding hydrogens is 320 g/mol. The molecule has 2 saturated heterocycles. The molecule has 24 heavy (non-hydrogen) atoms. The van der Waals surface area contributed by atoms with Crippen LogP contribution in [-0.4, -0.2) is 33.9 Å².